The van der Waals surface area contributed by atoms with Crippen LogP contribution >= 0.6 is 11.6 Å². The number of fused-ring (bicyclic) bond motifs is 2. The Hall–Kier alpha value is -3.50. The Balaban J connectivity index is 1.46. The molecule has 0 atom stereocenters. The summed E-state index contributed by atoms with van der Waals surface area (Å²) in [6.07, 6.45) is 3.67. The molecule has 1 amide bonds. The van der Waals surface area contributed by atoms with Gasteiger partial charge in [0.05, 0.1) is 30.3 Å². The smallest absolute Gasteiger partial charge is 0.258 e. The van der Waals surface area contributed by atoms with Crippen LogP contribution in [0.2, 0.25) is 5.02 Å². The lowest BCUT2D eigenvalue weighted by molar-refractivity contribution is -0.112. The minimum atomic E-state index is -3.75. The highest BCUT2D eigenvalue weighted by molar-refractivity contribution is 7.89. The standard InChI is InChI=1S/C30H27ClFN3O4S/c1-2-35-29-11-10-21(40(37,38)34-12-14-39-15-13-34)17-23(29)24(30(35)36)16-20-18-33(28-9-4-3-6-22(20)28)19-25-26(31)7-5-8-27(25)32/h3-11,16-18H,2,12-15,19H2,1H3/b24-16-. The number of benzene rings is 3. The molecule has 0 radical (unpaired) electrons. The van der Waals surface area contributed by atoms with Gasteiger partial charge in [0.15, 0.2) is 0 Å². The van der Waals surface area contributed by atoms with Gasteiger partial charge >= 0.3 is 0 Å². The van der Waals surface area contributed by atoms with E-state index in [1.165, 1.54) is 10.4 Å². The molecule has 40 heavy (non-hydrogen) atoms. The fourth-order valence-corrected chi connectivity index (χ4v) is 7.07. The van der Waals surface area contributed by atoms with Crippen molar-refractivity contribution in [3.05, 3.63) is 94.4 Å². The van der Waals surface area contributed by atoms with E-state index in [2.05, 4.69) is 0 Å². The number of carbonyl (C=O) groups is 1. The Morgan fingerprint density at radius 2 is 1.82 bits per heavy atom. The largest absolute Gasteiger partial charge is 0.379 e. The van der Waals surface area contributed by atoms with Crippen LogP contribution in [0.25, 0.3) is 22.6 Å². The number of anilines is 1. The molecule has 0 N–H and O–H groups in total. The third kappa shape index (κ3) is 4.53. The Kier molecular flexibility index (Phi) is 7.00. The van der Waals surface area contributed by atoms with Crippen molar-refractivity contribution < 1.29 is 22.3 Å². The van der Waals surface area contributed by atoms with E-state index in [9.17, 15) is 17.6 Å². The highest BCUT2D eigenvalue weighted by Crippen LogP contribution is 2.40. The molecule has 0 saturated carbocycles. The number of rotatable bonds is 6. The Morgan fingerprint density at radius 3 is 2.58 bits per heavy atom. The van der Waals surface area contributed by atoms with Crippen LogP contribution in [0.15, 0.2) is 71.8 Å². The molecule has 2 aliphatic rings. The predicted octanol–water partition coefficient (Wildman–Crippen LogP) is 5.41. The first kappa shape index (κ1) is 26.7. The summed E-state index contributed by atoms with van der Waals surface area (Å²) in [6, 6.07) is 17.1. The highest BCUT2D eigenvalue weighted by Gasteiger charge is 2.34. The van der Waals surface area contributed by atoms with Crippen LogP contribution in [0.4, 0.5) is 10.1 Å². The maximum Gasteiger partial charge on any atom is 0.258 e. The Bertz CT molecular complexity index is 1760. The van der Waals surface area contributed by atoms with Crippen molar-refractivity contribution in [3.63, 3.8) is 0 Å². The van der Waals surface area contributed by atoms with E-state index in [1.54, 1.807) is 41.3 Å². The third-order valence-corrected chi connectivity index (χ3v) is 9.71. The fourth-order valence-electron chi connectivity index (χ4n) is 5.42. The van der Waals surface area contributed by atoms with E-state index in [4.69, 9.17) is 16.3 Å². The quantitative estimate of drug-likeness (QED) is 0.286. The van der Waals surface area contributed by atoms with Crippen LogP contribution < -0.4 is 4.90 Å². The van der Waals surface area contributed by atoms with Crippen LogP contribution in [-0.4, -0.2) is 56.0 Å². The zero-order valence-corrected chi connectivity index (χ0v) is 23.4. The van der Waals surface area contributed by atoms with Crippen LogP contribution in [0.1, 0.15) is 23.6 Å². The summed E-state index contributed by atoms with van der Waals surface area (Å²) >= 11 is 6.32. The number of halogens is 2. The second-order valence-corrected chi connectivity index (χ2v) is 12.1. The van der Waals surface area contributed by atoms with E-state index in [0.717, 1.165) is 16.5 Å². The van der Waals surface area contributed by atoms with Gasteiger partial charge in [-0.25, -0.2) is 12.8 Å². The molecule has 0 spiro atoms. The second-order valence-electron chi connectivity index (χ2n) is 9.73. The Morgan fingerprint density at radius 1 is 1.05 bits per heavy atom. The molecule has 1 aromatic heterocycles. The fraction of sp³-hybridized carbons (Fsp3) is 0.233. The molecule has 0 aliphatic carbocycles. The van der Waals surface area contributed by atoms with Crippen molar-refractivity contribution in [1.82, 2.24) is 8.87 Å². The highest BCUT2D eigenvalue weighted by atomic mass is 35.5. The number of ether oxygens (including phenoxy) is 1. The molecule has 3 heterocycles. The molecule has 4 aromatic rings. The zero-order chi connectivity index (χ0) is 28.0. The number of sulfonamides is 1. The van der Waals surface area contributed by atoms with Crippen molar-refractivity contribution in [1.29, 1.82) is 0 Å². The molecule has 7 nitrogen and oxygen atoms in total. The molecule has 0 bridgehead atoms. The van der Waals surface area contributed by atoms with E-state index in [0.29, 0.717) is 47.2 Å². The SMILES string of the molecule is CCN1C(=O)/C(=C\c2cn(Cc3c(F)cccc3Cl)c3ccccc23)c2cc(S(=O)(=O)N3CCOCC3)ccc21. The Labute approximate surface area is 237 Å². The molecule has 206 valence electrons. The van der Waals surface area contributed by atoms with Gasteiger partial charge in [-0.1, -0.05) is 35.9 Å². The maximum absolute atomic E-state index is 14.6. The van der Waals surface area contributed by atoms with Gasteiger partial charge in [-0.05, 0) is 49.4 Å². The van der Waals surface area contributed by atoms with Gasteiger partial charge in [-0.15, -0.1) is 0 Å². The monoisotopic (exact) mass is 579 g/mol. The van der Waals surface area contributed by atoms with Crippen molar-refractivity contribution in [2.24, 2.45) is 0 Å². The van der Waals surface area contributed by atoms with Gasteiger partial charge in [0, 0.05) is 64.0 Å². The summed E-state index contributed by atoms with van der Waals surface area (Å²) in [4.78, 5) is 15.4. The van der Waals surface area contributed by atoms with E-state index in [1.807, 2.05) is 42.0 Å². The number of likely N-dealkylation sites (N-methyl/N-ethyl adjacent to an activating group) is 1. The van der Waals surface area contributed by atoms with Crippen LogP contribution in [-0.2, 0) is 26.1 Å². The van der Waals surface area contributed by atoms with Gasteiger partial charge in [0.2, 0.25) is 10.0 Å². The van der Waals surface area contributed by atoms with Crippen LogP contribution in [0, 0.1) is 5.82 Å². The summed E-state index contributed by atoms with van der Waals surface area (Å²) in [5.41, 5.74) is 3.63. The van der Waals surface area contributed by atoms with Gasteiger partial charge in [-0.3, -0.25) is 4.79 Å². The van der Waals surface area contributed by atoms with Gasteiger partial charge in [-0.2, -0.15) is 4.31 Å². The lowest BCUT2D eigenvalue weighted by atomic mass is 10.0. The first-order valence-electron chi connectivity index (χ1n) is 13.1. The molecule has 3 aromatic carbocycles. The zero-order valence-electron chi connectivity index (χ0n) is 21.8. The molecule has 2 aliphatic heterocycles. The topological polar surface area (TPSA) is 71.9 Å². The number of hydrogen-bond acceptors (Lipinski definition) is 4. The van der Waals surface area contributed by atoms with Crippen LogP contribution in [0.5, 0.6) is 0 Å². The molecular weight excluding hydrogens is 553 g/mol. The minimum absolute atomic E-state index is 0.140. The summed E-state index contributed by atoms with van der Waals surface area (Å²) in [5.74, 6) is -0.593. The first-order chi connectivity index (χ1) is 19.3. The summed E-state index contributed by atoms with van der Waals surface area (Å²) in [7, 11) is -3.75. The van der Waals surface area contributed by atoms with Gasteiger partial charge < -0.3 is 14.2 Å². The summed E-state index contributed by atoms with van der Waals surface area (Å²) < 4.78 is 50.1. The lowest BCUT2D eigenvalue weighted by Gasteiger charge is -2.26. The average Bonchev–Trinajstić information content (AvgIpc) is 3.45. The number of aromatic nitrogens is 1. The number of amides is 1. The maximum atomic E-state index is 14.6. The molecule has 1 saturated heterocycles. The van der Waals surface area contributed by atoms with Crippen molar-refractivity contribution >= 4 is 55.8 Å². The number of hydrogen-bond donors (Lipinski definition) is 0. The van der Waals surface area contributed by atoms with Crippen LogP contribution in [0.3, 0.4) is 0 Å². The first-order valence-corrected chi connectivity index (χ1v) is 14.9. The minimum Gasteiger partial charge on any atom is -0.379 e. The number of morpholine rings is 1. The number of para-hydroxylation sites is 1. The van der Waals surface area contributed by atoms with Gasteiger partial charge in [0.25, 0.3) is 5.91 Å². The normalized spacial score (nSPS) is 17.2. The van der Waals surface area contributed by atoms with Crippen molar-refractivity contribution in [3.8, 4) is 0 Å². The molecule has 1 fully saturated rings. The third-order valence-electron chi connectivity index (χ3n) is 7.46. The molecule has 6 rings (SSSR count). The van der Waals surface area contributed by atoms with Crippen molar-refractivity contribution in [2.45, 2.75) is 18.4 Å². The van der Waals surface area contributed by atoms with E-state index >= 15 is 0 Å². The molecule has 10 heteroatoms. The van der Waals surface area contributed by atoms with Crippen molar-refractivity contribution in [2.75, 3.05) is 37.7 Å². The number of carbonyl (C=O) groups excluding carboxylic acids is 1. The summed E-state index contributed by atoms with van der Waals surface area (Å²) in [5, 5.41) is 1.22. The second kappa shape index (κ2) is 10.5. The average molecular weight is 580 g/mol. The van der Waals surface area contributed by atoms with Gasteiger partial charge in [0.1, 0.15) is 5.82 Å². The molecule has 0 unspecified atom stereocenters. The lowest BCUT2D eigenvalue weighted by Crippen LogP contribution is -2.40. The summed E-state index contributed by atoms with van der Waals surface area (Å²) in [6.45, 7) is 3.79. The van der Waals surface area contributed by atoms with E-state index < -0.39 is 15.8 Å². The molecular formula is C30H27ClFN3O4S. The van der Waals surface area contributed by atoms with E-state index in [-0.39, 0.29) is 30.4 Å². The predicted molar refractivity (Wildman–Crippen MR) is 154 cm³/mol. The number of nitrogens with zero attached hydrogens (tertiary/aromatic N) is 3.